The van der Waals surface area contributed by atoms with E-state index in [4.69, 9.17) is 4.74 Å². The minimum Gasteiger partial charge on any atom is -0.381 e. The first-order valence-corrected chi connectivity index (χ1v) is 12.1. The molecule has 0 atom stereocenters. The van der Waals surface area contributed by atoms with E-state index < -0.39 is 0 Å². The van der Waals surface area contributed by atoms with Gasteiger partial charge in [0.15, 0.2) is 0 Å². The lowest BCUT2D eigenvalue weighted by Crippen LogP contribution is -2.14. The summed E-state index contributed by atoms with van der Waals surface area (Å²) in [6, 6.07) is 4.83. The topological polar surface area (TPSA) is 9.23 Å². The number of aryl methyl sites for hydroxylation is 3. The zero-order valence-corrected chi connectivity index (χ0v) is 18.4. The third-order valence-electron chi connectivity index (χ3n) is 5.57. The van der Waals surface area contributed by atoms with Gasteiger partial charge in [-0.2, -0.15) is 0 Å². The fourth-order valence-electron chi connectivity index (χ4n) is 3.99. The summed E-state index contributed by atoms with van der Waals surface area (Å²) in [6.45, 7) is 8.63. The molecular formula is C23H34OS2. The van der Waals surface area contributed by atoms with E-state index in [1.54, 1.807) is 5.56 Å². The van der Waals surface area contributed by atoms with E-state index in [9.17, 15) is 0 Å². The van der Waals surface area contributed by atoms with Gasteiger partial charge in [0.05, 0.1) is 6.61 Å². The maximum absolute atomic E-state index is 6.07. The molecule has 0 saturated heterocycles. The van der Waals surface area contributed by atoms with Crippen LogP contribution < -0.4 is 0 Å². The fraction of sp³-hybridized carbons (Fsp3) is 0.652. The van der Waals surface area contributed by atoms with Crippen molar-refractivity contribution in [1.29, 1.82) is 0 Å². The van der Waals surface area contributed by atoms with Crippen LogP contribution in [0.1, 0.15) is 72.8 Å². The van der Waals surface area contributed by atoms with Crippen molar-refractivity contribution >= 4 is 22.7 Å². The Morgan fingerprint density at radius 3 is 2.58 bits per heavy atom. The van der Waals surface area contributed by atoms with Crippen LogP contribution in [0.5, 0.6) is 0 Å². The number of hydrogen-bond acceptors (Lipinski definition) is 3. The molecule has 1 saturated carbocycles. The Labute approximate surface area is 167 Å². The van der Waals surface area contributed by atoms with Gasteiger partial charge in [-0.3, -0.25) is 0 Å². The van der Waals surface area contributed by atoms with Crippen LogP contribution in [0.2, 0.25) is 0 Å². The van der Waals surface area contributed by atoms with Crippen LogP contribution in [0.25, 0.3) is 9.75 Å². The molecule has 1 aliphatic rings. The number of rotatable bonds is 9. The van der Waals surface area contributed by atoms with Crippen molar-refractivity contribution in [2.45, 2.75) is 78.6 Å². The molecule has 0 aromatic carbocycles. The summed E-state index contributed by atoms with van der Waals surface area (Å²) >= 11 is 3.93. The van der Waals surface area contributed by atoms with Crippen molar-refractivity contribution in [2.75, 3.05) is 13.2 Å². The van der Waals surface area contributed by atoms with Crippen LogP contribution in [-0.4, -0.2) is 13.2 Å². The summed E-state index contributed by atoms with van der Waals surface area (Å²) in [5.74, 6) is 0.813. The van der Waals surface area contributed by atoms with Crippen molar-refractivity contribution in [3.05, 3.63) is 33.0 Å². The van der Waals surface area contributed by atoms with Gasteiger partial charge in [0.1, 0.15) is 0 Å². The molecule has 0 aliphatic heterocycles. The predicted molar refractivity (Wildman–Crippen MR) is 117 cm³/mol. The van der Waals surface area contributed by atoms with Gasteiger partial charge in [-0.15, -0.1) is 22.7 Å². The van der Waals surface area contributed by atoms with Gasteiger partial charge in [0.25, 0.3) is 0 Å². The molecule has 0 unspecified atom stereocenters. The van der Waals surface area contributed by atoms with E-state index in [1.165, 1.54) is 76.4 Å². The molecule has 0 bridgehead atoms. The van der Waals surface area contributed by atoms with Gasteiger partial charge >= 0.3 is 0 Å². The normalized spacial score (nSPS) is 15.7. The summed E-state index contributed by atoms with van der Waals surface area (Å²) in [4.78, 5) is 5.87. The molecule has 2 heterocycles. The molecule has 2 aromatic rings. The lowest BCUT2D eigenvalue weighted by atomic mass is 9.90. The van der Waals surface area contributed by atoms with Crippen LogP contribution in [0.3, 0.4) is 0 Å². The molecule has 0 spiro atoms. The summed E-state index contributed by atoms with van der Waals surface area (Å²) < 4.78 is 6.07. The Kier molecular flexibility index (Phi) is 7.77. The summed E-state index contributed by atoms with van der Waals surface area (Å²) in [5.41, 5.74) is 3.04. The first kappa shape index (κ1) is 20.1. The monoisotopic (exact) mass is 390 g/mol. The van der Waals surface area contributed by atoms with Gasteiger partial charge < -0.3 is 4.74 Å². The van der Waals surface area contributed by atoms with Crippen LogP contribution in [0, 0.1) is 19.8 Å². The molecule has 144 valence electrons. The Morgan fingerprint density at radius 2 is 1.81 bits per heavy atom. The molecule has 0 amide bonds. The average Bonchev–Trinajstić information content (AvgIpc) is 3.20. The molecule has 1 fully saturated rings. The maximum Gasteiger partial charge on any atom is 0.0507 e. The highest BCUT2D eigenvalue weighted by atomic mass is 32.1. The predicted octanol–water partition coefficient (Wildman–Crippen LogP) is 7.58. The number of thiophene rings is 2. The van der Waals surface area contributed by atoms with Crippen molar-refractivity contribution in [3.8, 4) is 9.75 Å². The van der Waals surface area contributed by atoms with Gasteiger partial charge in [-0.1, -0.05) is 32.6 Å². The van der Waals surface area contributed by atoms with Gasteiger partial charge in [-0.25, -0.2) is 0 Å². The van der Waals surface area contributed by atoms with Crippen LogP contribution in [-0.2, 0) is 17.6 Å². The molecule has 1 aliphatic carbocycles. The molecule has 0 N–H and O–H groups in total. The summed E-state index contributed by atoms with van der Waals surface area (Å²) in [5, 5.41) is 0. The van der Waals surface area contributed by atoms with Crippen LogP contribution in [0.15, 0.2) is 12.1 Å². The highest BCUT2D eigenvalue weighted by Gasteiger charge is 2.15. The van der Waals surface area contributed by atoms with E-state index >= 15 is 0 Å². The Bertz CT molecular complexity index is 676. The SMILES string of the molecule is CCCCc1cc(-c2sc(C)cc2CCOCC2CCCCC2)sc1C. The quantitative estimate of drug-likeness (QED) is 0.401. The first-order valence-electron chi connectivity index (χ1n) is 10.4. The Balaban J connectivity index is 1.59. The molecular weight excluding hydrogens is 356 g/mol. The number of unbranched alkanes of at least 4 members (excludes halogenated alkanes) is 1. The highest BCUT2D eigenvalue weighted by molar-refractivity contribution is 7.22. The van der Waals surface area contributed by atoms with Gasteiger partial charge in [-0.05, 0) is 75.1 Å². The number of hydrogen-bond donors (Lipinski definition) is 0. The summed E-state index contributed by atoms with van der Waals surface area (Å²) in [7, 11) is 0. The minimum atomic E-state index is 0.813. The molecule has 3 heteroatoms. The minimum absolute atomic E-state index is 0.813. The second kappa shape index (κ2) is 10.1. The second-order valence-corrected chi connectivity index (χ2v) is 10.3. The van der Waals surface area contributed by atoms with E-state index in [-0.39, 0.29) is 0 Å². The third-order valence-corrected chi connectivity index (χ3v) is 7.94. The maximum atomic E-state index is 6.07. The molecule has 3 rings (SSSR count). The Hall–Kier alpha value is -0.640. The fourth-order valence-corrected chi connectivity index (χ4v) is 6.27. The van der Waals surface area contributed by atoms with Crippen molar-refractivity contribution in [2.24, 2.45) is 5.92 Å². The highest BCUT2D eigenvalue weighted by Crippen LogP contribution is 2.39. The first-order chi connectivity index (χ1) is 12.7. The molecule has 2 aromatic heterocycles. The van der Waals surface area contributed by atoms with Crippen molar-refractivity contribution in [3.63, 3.8) is 0 Å². The van der Waals surface area contributed by atoms with Crippen molar-refractivity contribution < 1.29 is 4.74 Å². The average molecular weight is 391 g/mol. The van der Waals surface area contributed by atoms with E-state index in [2.05, 4.69) is 32.9 Å². The molecule has 1 nitrogen and oxygen atoms in total. The largest absolute Gasteiger partial charge is 0.381 e. The third kappa shape index (κ3) is 5.43. The van der Waals surface area contributed by atoms with E-state index in [1.807, 2.05) is 22.7 Å². The number of ether oxygens (including phenoxy) is 1. The lowest BCUT2D eigenvalue weighted by Gasteiger charge is -2.21. The van der Waals surface area contributed by atoms with Gasteiger partial charge in [0, 0.05) is 26.1 Å². The lowest BCUT2D eigenvalue weighted by molar-refractivity contribution is 0.0875. The standard InChI is InChI=1S/C23H34OS2/c1-4-5-11-20-15-22(26-18(20)3)23-21(14-17(2)25-23)12-13-24-16-19-9-7-6-8-10-19/h14-15,19H,4-13,16H2,1-3H3. The molecule has 26 heavy (non-hydrogen) atoms. The second-order valence-electron chi connectivity index (χ2n) is 7.84. The van der Waals surface area contributed by atoms with Crippen LogP contribution in [0.4, 0.5) is 0 Å². The van der Waals surface area contributed by atoms with Crippen LogP contribution >= 0.6 is 22.7 Å². The van der Waals surface area contributed by atoms with E-state index in [0.29, 0.717) is 0 Å². The zero-order valence-electron chi connectivity index (χ0n) is 16.7. The Morgan fingerprint density at radius 1 is 1.00 bits per heavy atom. The van der Waals surface area contributed by atoms with Crippen molar-refractivity contribution in [1.82, 2.24) is 0 Å². The molecule has 0 radical (unpaired) electrons. The smallest absolute Gasteiger partial charge is 0.0507 e. The zero-order chi connectivity index (χ0) is 18.4. The van der Waals surface area contributed by atoms with Gasteiger partial charge in [0.2, 0.25) is 0 Å². The van der Waals surface area contributed by atoms with E-state index in [0.717, 1.165) is 25.6 Å². The summed E-state index contributed by atoms with van der Waals surface area (Å²) in [6.07, 6.45) is 11.8.